The lowest BCUT2D eigenvalue weighted by Crippen LogP contribution is -2.27. The molecular weight excluding hydrogens is 254 g/mol. The average Bonchev–Trinajstić information content (AvgIpc) is 2.39. The second kappa shape index (κ2) is 6.39. The molecule has 1 N–H and O–H groups in total. The maximum atomic E-state index is 6.01. The van der Waals surface area contributed by atoms with Crippen LogP contribution in [0.15, 0.2) is 6.07 Å². The third kappa shape index (κ3) is 4.07. The van der Waals surface area contributed by atoms with Crippen molar-refractivity contribution in [2.75, 3.05) is 25.1 Å². The minimum absolute atomic E-state index is 0.0980. The van der Waals surface area contributed by atoms with Crippen LogP contribution in [0.3, 0.4) is 0 Å². The van der Waals surface area contributed by atoms with Gasteiger partial charge in [-0.15, -0.1) is 0 Å². The molecule has 0 aliphatic carbocycles. The molecule has 0 unspecified atom stereocenters. The van der Waals surface area contributed by atoms with Crippen molar-refractivity contribution in [2.45, 2.75) is 52.1 Å². The molecule has 0 radical (unpaired) electrons. The number of nitrogens with zero attached hydrogens (tertiary/aromatic N) is 2. The van der Waals surface area contributed by atoms with Crippen molar-refractivity contribution in [3.8, 4) is 5.88 Å². The van der Waals surface area contributed by atoms with Gasteiger partial charge in [0.15, 0.2) is 0 Å². The summed E-state index contributed by atoms with van der Waals surface area (Å²) in [4.78, 5) is 9.13. The van der Waals surface area contributed by atoms with Crippen LogP contribution >= 0.6 is 0 Å². The summed E-state index contributed by atoms with van der Waals surface area (Å²) < 4.78 is 11.4. The lowest BCUT2D eigenvalue weighted by atomic mass is 9.96. The molecule has 0 atom stereocenters. The first-order chi connectivity index (χ1) is 9.49. The van der Waals surface area contributed by atoms with Gasteiger partial charge in [0.05, 0.1) is 13.2 Å². The standard InChI is InChI=1S/C15H25N3O2/c1-5-16-12-10-13(18-14(17-12)15(2,3)4)20-11-6-8-19-9-7-11/h10-11H,5-9H2,1-4H3,(H,16,17,18). The number of rotatable bonds is 4. The molecule has 0 aromatic carbocycles. The van der Waals surface area contributed by atoms with Crippen molar-refractivity contribution in [3.05, 3.63) is 11.9 Å². The van der Waals surface area contributed by atoms with Crippen LogP contribution in [0.25, 0.3) is 0 Å². The Morgan fingerprint density at radius 1 is 1.30 bits per heavy atom. The van der Waals surface area contributed by atoms with E-state index in [4.69, 9.17) is 9.47 Å². The smallest absolute Gasteiger partial charge is 0.219 e. The molecule has 0 saturated carbocycles. The highest BCUT2D eigenvalue weighted by Gasteiger charge is 2.21. The summed E-state index contributed by atoms with van der Waals surface area (Å²) in [5, 5.41) is 3.24. The van der Waals surface area contributed by atoms with Gasteiger partial charge in [-0.25, -0.2) is 4.98 Å². The van der Waals surface area contributed by atoms with Gasteiger partial charge in [-0.1, -0.05) is 20.8 Å². The topological polar surface area (TPSA) is 56.3 Å². The summed E-state index contributed by atoms with van der Waals surface area (Å²) in [5.74, 6) is 2.29. The first-order valence-corrected chi connectivity index (χ1v) is 7.37. The Balaban J connectivity index is 2.19. The van der Waals surface area contributed by atoms with Gasteiger partial charge >= 0.3 is 0 Å². The molecule has 2 heterocycles. The van der Waals surface area contributed by atoms with Crippen LogP contribution in [0.1, 0.15) is 46.4 Å². The van der Waals surface area contributed by atoms with Gasteiger partial charge in [0.2, 0.25) is 5.88 Å². The van der Waals surface area contributed by atoms with E-state index >= 15 is 0 Å². The highest BCUT2D eigenvalue weighted by Crippen LogP contribution is 2.25. The monoisotopic (exact) mass is 279 g/mol. The molecule has 1 aliphatic rings. The minimum Gasteiger partial charge on any atom is -0.474 e. The Kier molecular flexibility index (Phi) is 4.81. The number of aromatic nitrogens is 2. The highest BCUT2D eigenvalue weighted by molar-refractivity contribution is 5.39. The SMILES string of the molecule is CCNc1cc(OC2CCOCC2)nc(C(C)(C)C)n1. The van der Waals surface area contributed by atoms with Crippen molar-refractivity contribution < 1.29 is 9.47 Å². The van der Waals surface area contributed by atoms with Crippen LogP contribution in [0.5, 0.6) is 5.88 Å². The Labute approximate surface area is 121 Å². The van der Waals surface area contributed by atoms with E-state index in [0.717, 1.165) is 44.2 Å². The molecule has 1 saturated heterocycles. The third-order valence-electron chi connectivity index (χ3n) is 3.19. The molecule has 112 valence electrons. The van der Waals surface area contributed by atoms with Crippen molar-refractivity contribution in [3.63, 3.8) is 0 Å². The summed E-state index contributed by atoms with van der Waals surface area (Å²) in [6.45, 7) is 10.7. The van der Waals surface area contributed by atoms with E-state index in [1.165, 1.54) is 0 Å². The van der Waals surface area contributed by atoms with Crippen molar-refractivity contribution in [1.29, 1.82) is 0 Å². The van der Waals surface area contributed by atoms with Crippen molar-refractivity contribution in [2.24, 2.45) is 0 Å². The normalized spacial score (nSPS) is 17.0. The van der Waals surface area contributed by atoms with Gasteiger partial charge in [0.25, 0.3) is 0 Å². The number of ether oxygens (including phenoxy) is 2. The van der Waals surface area contributed by atoms with Crippen molar-refractivity contribution in [1.82, 2.24) is 9.97 Å². The summed E-state index contributed by atoms with van der Waals surface area (Å²) >= 11 is 0. The fraction of sp³-hybridized carbons (Fsp3) is 0.733. The van der Waals surface area contributed by atoms with Crippen LogP contribution in [0.4, 0.5) is 5.82 Å². The van der Waals surface area contributed by atoms with Gasteiger partial charge in [-0.05, 0) is 6.92 Å². The molecule has 1 aliphatic heterocycles. The zero-order valence-electron chi connectivity index (χ0n) is 12.9. The fourth-order valence-electron chi connectivity index (χ4n) is 2.06. The molecule has 1 aromatic rings. The van der Waals surface area contributed by atoms with Crippen LogP contribution in [0, 0.1) is 0 Å². The zero-order valence-corrected chi connectivity index (χ0v) is 12.9. The summed E-state index contributed by atoms with van der Waals surface area (Å²) in [6, 6.07) is 1.88. The Hall–Kier alpha value is -1.36. The number of nitrogens with one attached hydrogen (secondary N) is 1. The lowest BCUT2D eigenvalue weighted by molar-refractivity contribution is 0.0235. The van der Waals surface area contributed by atoms with Gasteiger partial charge < -0.3 is 14.8 Å². The molecular formula is C15H25N3O2. The Morgan fingerprint density at radius 2 is 2.00 bits per heavy atom. The van der Waals surface area contributed by atoms with Gasteiger partial charge in [-0.3, -0.25) is 0 Å². The van der Waals surface area contributed by atoms with Crippen LogP contribution in [0.2, 0.25) is 0 Å². The van der Waals surface area contributed by atoms with E-state index in [2.05, 4.69) is 43.0 Å². The van der Waals surface area contributed by atoms with E-state index in [-0.39, 0.29) is 11.5 Å². The molecule has 5 nitrogen and oxygen atoms in total. The molecule has 0 bridgehead atoms. The van der Waals surface area contributed by atoms with E-state index in [1.54, 1.807) is 0 Å². The van der Waals surface area contributed by atoms with E-state index < -0.39 is 0 Å². The van der Waals surface area contributed by atoms with E-state index in [0.29, 0.717) is 5.88 Å². The lowest BCUT2D eigenvalue weighted by Gasteiger charge is -2.24. The fourth-order valence-corrected chi connectivity index (χ4v) is 2.06. The minimum atomic E-state index is -0.0980. The molecule has 1 fully saturated rings. The predicted octanol–water partition coefficient (Wildman–Crippen LogP) is 2.76. The Morgan fingerprint density at radius 3 is 2.60 bits per heavy atom. The molecule has 2 rings (SSSR count). The predicted molar refractivity (Wildman–Crippen MR) is 79.4 cm³/mol. The van der Waals surface area contributed by atoms with Crippen LogP contribution < -0.4 is 10.1 Å². The molecule has 20 heavy (non-hydrogen) atoms. The van der Waals surface area contributed by atoms with Gasteiger partial charge in [-0.2, -0.15) is 4.98 Å². The van der Waals surface area contributed by atoms with Gasteiger partial charge in [0.1, 0.15) is 17.7 Å². The first-order valence-electron chi connectivity index (χ1n) is 7.37. The highest BCUT2D eigenvalue weighted by atomic mass is 16.5. The second-order valence-electron chi connectivity index (χ2n) is 6.12. The maximum absolute atomic E-state index is 6.01. The van der Waals surface area contributed by atoms with Crippen molar-refractivity contribution >= 4 is 5.82 Å². The Bertz CT molecular complexity index is 437. The van der Waals surface area contributed by atoms with Gasteiger partial charge in [0, 0.05) is 30.9 Å². The molecule has 1 aromatic heterocycles. The molecule has 0 amide bonds. The van der Waals surface area contributed by atoms with E-state index in [9.17, 15) is 0 Å². The molecule has 0 spiro atoms. The molecule has 5 heteroatoms. The number of anilines is 1. The number of hydrogen-bond acceptors (Lipinski definition) is 5. The van der Waals surface area contributed by atoms with Crippen LogP contribution in [-0.4, -0.2) is 35.8 Å². The largest absolute Gasteiger partial charge is 0.474 e. The summed E-state index contributed by atoms with van der Waals surface area (Å²) in [7, 11) is 0. The summed E-state index contributed by atoms with van der Waals surface area (Å²) in [5.41, 5.74) is -0.0980. The maximum Gasteiger partial charge on any atom is 0.219 e. The summed E-state index contributed by atoms with van der Waals surface area (Å²) in [6.07, 6.45) is 2.04. The van der Waals surface area contributed by atoms with E-state index in [1.807, 2.05) is 6.07 Å². The van der Waals surface area contributed by atoms with Crippen LogP contribution in [-0.2, 0) is 10.2 Å². The third-order valence-corrected chi connectivity index (χ3v) is 3.19. The average molecular weight is 279 g/mol. The zero-order chi connectivity index (χ0) is 14.6. The second-order valence-corrected chi connectivity index (χ2v) is 6.12. The first kappa shape index (κ1) is 15.0. The quantitative estimate of drug-likeness (QED) is 0.918. The number of hydrogen-bond donors (Lipinski definition) is 1.